The Balaban J connectivity index is 1.99. The van der Waals surface area contributed by atoms with Crippen LogP contribution in [0.25, 0.3) is 0 Å². The van der Waals surface area contributed by atoms with Crippen LogP contribution in [0.15, 0.2) is 24.3 Å². The summed E-state index contributed by atoms with van der Waals surface area (Å²) in [6.45, 7) is 2.98. The molecule has 0 spiro atoms. The molecule has 1 radical (unpaired) electrons. The van der Waals surface area contributed by atoms with E-state index in [1.165, 1.54) is 22.8 Å². The van der Waals surface area contributed by atoms with Gasteiger partial charge in [-0.25, -0.2) is 0 Å². The van der Waals surface area contributed by atoms with E-state index in [4.69, 9.17) is 6.15 Å². The van der Waals surface area contributed by atoms with E-state index in [2.05, 4.69) is 19.1 Å². The molecule has 0 amide bonds. The zero-order valence-electron chi connectivity index (χ0n) is 8.45. The molecule has 75 valence electrons. The Labute approximate surface area is 93.1 Å². The molecule has 1 aliphatic rings. The van der Waals surface area contributed by atoms with E-state index in [-0.39, 0.29) is 0 Å². The number of hydrogen-bond acceptors (Lipinski definition) is 2. The van der Waals surface area contributed by atoms with Crippen molar-refractivity contribution in [1.29, 1.82) is 0 Å². The van der Waals surface area contributed by atoms with Gasteiger partial charge >= 0.3 is 93.1 Å². The van der Waals surface area contributed by atoms with Gasteiger partial charge in [0.15, 0.2) is 0 Å². The number of fused-ring (bicyclic) bond motifs is 1. The molecule has 0 bridgehead atoms. The Hall–Kier alpha value is -0.221. The van der Waals surface area contributed by atoms with Crippen molar-refractivity contribution in [2.45, 2.75) is 30.8 Å². The number of hydrogen-bond donors (Lipinski definition) is 0. The van der Waals surface area contributed by atoms with Gasteiger partial charge in [-0.1, -0.05) is 0 Å². The molecule has 3 heteroatoms. The predicted octanol–water partition coefficient (Wildman–Crippen LogP) is 2.88. The first-order valence-corrected chi connectivity index (χ1v) is 9.49. The molecular weight excluding hydrogens is 283 g/mol. The van der Waals surface area contributed by atoms with Gasteiger partial charge in [-0.15, -0.1) is 0 Å². The Morgan fingerprint density at radius 2 is 2.21 bits per heavy atom. The Kier molecular flexibility index (Phi) is 3.70. The molecule has 0 saturated heterocycles. The molecule has 1 aliphatic heterocycles. The van der Waals surface area contributed by atoms with E-state index in [1.807, 2.05) is 12.1 Å². The third-order valence-corrected chi connectivity index (χ3v) is 7.10. The molecule has 0 atom stereocenters. The molecule has 0 aliphatic carbocycles. The standard InChI is InChI=1S/C7H7O2.C4H9.Sn/c8-5-6-3-1-2-4-7(6)9;1-3-4-2;/h1-4,9H,5H2;1,3-4H2,2H3;/q-1;;+2/p-1. The van der Waals surface area contributed by atoms with Crippen LogP contribution >= 0.6 is 0 Å². The number of para-hydroxylation sites is 1. The van der Waals surface area contributed by atoms with E-state index in [9.17, 15) is 0 Å². The van der Waals surface area contributed by atoms with Crippen molar-refractivity contribution in [2.75, 3.05) is 0 Å². The molecule has 14 heavy (non-hydrogen) atoms. The second-order valence-corrected chi connectivity index (χ2v) is 8.43. The normalized spacial score (nSPS) is 16.1. The van der Waals surface area contributed by atoms with Gasteiger partial charge in [-0.2, -0.15) is 0 Å². The second-order valence-electron chi connectivity index (χ2n) is 3.47. The predicted molar refractivity (Wildman–Crippen MR) is 57.3 cm³/mol. The molecule has 2 nitrogen and oxygen atoms in total. The molecule has 1 aromatic rings. The van der Waals surface area contributed by atoms with Crippen LogP contribution in [0.5, 0.6) is 5.75 Å². The van der Waals surface area contributed by atoms with Crippen LogP contribution in [0.1, 0.15) is 25.3 Å². The summed E-state index contributed by atoms with van der Waals surface area (Å²) in [6.07, 6.45) is 2.48. The van der Waals surface area contributed by atoms with Crippen LogP contribution in [0.4, 0.5) is 0 Å². The molecule has 0 aromatic heterocycles. The van der Waals surface area contributed by atoms with Crippen LogP contribution in [-0.2, 0) is 9.68 Å². The van der Waals surface area contributed by atoms with Crippen molar-refractivity contribution in [1.82, 2.24) is 0 Å². The zero-order valence-corrected chi connectivity index (χ0v) is 11.3. The summed E-state index contributed by atoms with van der Waals surface area (Å²) in [6, 6.07) is 8.20. The van der Waals surface area contributed by atoms with Crippen LogP contribution in [0, 0.1) is 0 Å². The van der Waals surface area contributed by atoms with Gasteiger partial charge in [0.25, 0.3) is 0 Å². The van der Waals surface area contributed by atoms with E-state index < -0.39 is 20.6 Å². The summed E-state index contributed by atoms with van der Waals surface area (Å²) in [4.78, 5) is 0. The van der Waals surface area contributed by atoms with Crippen LogP contribution in [0.2, 0.25) is 4.44 Å². The zero-order chi connectivity index (χ0) is 9.80. The second kappa shape index (κ2) is 5.03. The number of unbranched alkanes of at least 4 members (excludes halogenated alkanes) is 1. The molecular formula is C11H15O2Sn. The van der Waals surface area contributed by atoms with Crippen molar-refractivity contribution in [2.24, 2.45) is 0 Å². The van der Waals surface area contributed by atoms with E-state index in [0.717, 1.165) is 12.4 Å². The summed E-state index contributed by atoms with van der Waals surface area (Å²) >= 11 is -1.94. The SMILES string of the molecule is CCC[CH2][Sn]1[O]Cc2ccccc2[O]1. The number of rotatable bonds is 3. The average Bonchev–Trinajstić information content (AvgIpc) is 2.26. The summed E-state index contributed by atoms with van der Waals surface area (Å²) in [5, 5.41) is 0. The van der Waals surface area contributed by atoms with Gasteiger partial charge in [0.05, 0.1) is 0 Å². The summed E-state index contributed by atoms with van der Waals surface area (Å²) in [7, 11) is 0. The van der Waals surface area contributed by atoms with Gasteiger partial charge in [-0.05, 0) is 0 Å². The molecule has 1 heterocycles. The first-order valence-electron chi connectivity index (χ1n) is 5.14. The fourth-order valence-electron chi connectivity index (χ4n) is 1.48. The van der Waals surface area contributed by atoms with Gasteiger partial charge < -0.3 is 0 Å². The van der Waals surface area contributed by atoms with Crippen molar-refractivity contribution in [3.63, 3.8) is 0 Å². The topological polar surface area (TPSA) is 18.5 Å². The Morgan fingerprint density at radius 3 is 3.07 bits per heavy atom. The van der Waals surface area contributed by atoms with Gasteiger partial charge in [0.1, 0.15) is 0 Å². The number of benzene rings is 1. The van der Waals surface area contributed by atoms with Crippen molar-refractivity contribution in [3.8, 4) is 5.75 Å². The first-order chi connectivity index (χ1) is 6.90. The maximum atomic E-state index is 5.91. The van der Waals surface area contributed by atoms with Crippen LogP contribution in [0.3, 0.4) is 0 Å². The molecule has 0 fully saturated rings. The first kappa shape index (κ1) is 10.3. The molecule has 0 unspecified atom stereocenters. The summed E-state index contributed by atoms with van der Waals surface area (Å²) < 4.78 is 12.9. The quantitative estimate of drug-likeness (QED) is 0.799. The van der Waals surface area contributed by atoms with Gasteiger partial charge in [0, 0.05) is 0 Å². The van der Waals surface area contributed by atoms with Gasteiger partial charge in [0.2, 0.25) is 0 Å². The van der Waals surface area contributed by atoms with Crippen LogP contribution in [-0.4, -0.2) is 20.6 Å². The maximum absolute atomic E-state index is 5.91. The Bertz CT molecular complexity index is 301. The van der Waals surface area contributed by atoms with E-state index in [1.54, 1.807) is 0 Å². The third kappa shape index (κ3) is 2.42. The Morgan fingerprint density at radius 1 is 1.36 bits per heavy atom. The minimum absolute atomic E-state index is 0.772. The van der Waals surface area contributed by atoms with Crippen LogP contribution < -0.4 is 3.07 Å². The van der Waals surface area contributed by atoms with Crippen molar-refractivity contribution >= 4 is 20.6 Å². The monoisotopic (exact) mass is 299 g/mol. The van der Waals surface area contributed by atoms with E-state index in [0.29, 0.717) is 0 Å². The summed E-state index contributed by atoms with van der Waals surface area (Å²) in [5.74, 6) is 1.07. The van der Waals surface area contributed by atoms with E-state index >= 15 is 0 Å². The van der Waals surface area contributed by atoms with Crippen molar-refractivity contribution in [3.05, 3.63) is 29.8 Å². The molecule has 1 aromatic carbocycles. The fourth-order valence-corrected chi connectivity index (χ4v) is 6.35. The molecule has 0 saturated carbocycles. The summed E-state index contributed by atoms with van der Waals surface area (Å²) in [5.41, 5.74) is 1.20. The molecule has 0 N–H and O–H groups in total. The average molecular weight is 298 g/mol. The van der Waals surface area contributed by atoms with Crippen molar-refractivity contribution < 1.29 is 6.15 Å². The third-order valence-electron chi connectivity index (χ3n) is 2.32. The van der Waals surface area contributed by atoms with Gasteiger partial charge in [-0.3, -0.25) is 0 Å². The fraction of sp³-hybridized carbons (Fsp3) is 0.455. The molecule has 2 rings (SSSR count). The minimum atomic E-state index is -1.94.